The van der Waals surface area contributed by atoms with E-state index < -0.39 is 41.6 Å². The highest BCUT2D eigenvalue weighted by molar-refractivity contribution is 6.10. The molecule has 0 aliphatic rings. The first kappa shape index (κ1) is 36.9. The summed E-state index contributed by atoms with van der Waals surface area (Å²) in [6.45, 7) is 10.7. The number of hydrogen-bond acceptors (Lipinski definition) is 9. The van der Waals surface area contributed by atoms with E-state index in [2.05, 4.69) is 21.3 Å². The quantitative estimate of drug-likeness (QED) is 0.0983. The maximum Gasteiger partial charge on any atom is 0.404 e. The highest BCUT2D eigenvalue weighted by Gasteiger charge is 2.29. The summed E-state index contributed by atoms with van der Waals surface area (Å²) in [5.74, 6) is -0.420. The van der Waals surface area contributed by atoms with Gasteiger partial charge in [-0.2, -0.15) is 0 Å². The van der Waals surface area contributed by atoms with Crippen LogP contribution in [0.1, 0.15) is 53.3 Å². The zero-order chi connectivity index (χ0) is 34.7. The van der Waals surface area contributed by atoms with Gasteiger partial charge in [-0.15, -0.1) is 0 Å². The molecule has 2 atom stereocenters. The molecule has 0 unspecified atom stereocenters. The third-order valence-electron chi connectivity index (χ3n) is 7.37. The van der Waals surface area contributed by atoms with Crippen molar-refractivity contribution in [1.29, 1.82) is 0 Å². The van der Waals surface area contributed by atoms with E-state index in [9.17, 15) is 19.2 Å². The minimum Gasteiger partial charge on any atom is -0.465 e. The second-order valence-electron chi connectivity index (χ2n) is 12.0. The number of rotatable bonds is 18. The molecule has 9 N–H and O–H groups in total. The summed E-state index contributed by atoms with van der Waals surface area (Å²) in [4.78, 5) is 58.3. The van der Waals surface area contributed by atoms with Gasteiger partial charge in [0.15, 0.2) is 5.82 Å². The fourth-order valence-electron chi connectivity index (χ4n) is 4.92. The van der Waals surface area contributed by atoms with Crippen LogP contribution in [0.15, 0.2) is 24.3 Å². The van der Waals surface area contributed by atoms with Gasteiger partial charge in [0, 0.05) is 25.1 Å². The Morgan fingerprint density at radius 1 is 1.06 bits per heavy atom. The van der Waals surface area contributed by atoms with E-state index in [4.69, 9.17) is 36.0 Å². The first-order valence-electron chi connectivity index (χ1n) is 15.6. The number of amides is 5. The van der Waals surface area contributed by atoms with Gasteiger partial charge in [-0.1, -0.05) is 32.0 Å². The van der Waals surface area contributed by atoms with E-state index in [1.165, 1.54) is 0 Å². The zero-order valence-electron chi connectivity index (χ0n) is 27.6. The number of ether oxygens (including phenoxy) is 2. The van der Waals surface area contributed by atoms with Crippen molar-refractivity contribution in [3.05, 3.63) is 30.1 Å². The topological polar surface area (TPSA) is 238 Å². The third kappa shape index (κ3) is 10.5. The minimum atomic E-state index is -1.13. The molecule has 16 nitrogen and oxygen atoms in total. The van der Waals surface area contributed by atoms with Crippen LogP contribution in [0, 0.1) is 5.92 Å². The van der Waals surface area contributed by atoms with Crippen molar-refractivity contribution in [3.63, 3.8) is 0 Å². The number of carboxylic acid groups (broad SMARTS) is 1. The lowest BCUT2D eigenvalue weighted by Crippen LogP contribution is -2.51. The van der Waals surface area contributed by atoms with Gasteiger partial charge in [0.05, 0.1) is 35.8 Å². The Labute approximate surface area is 273 Å². The number of urea groups is 1. The van der Waals surface area contributed by atoms with Crippen LogP contribution in [0.5, 0.6) is 0 Å². The van der Waals surface area contributed by atoms with Gasteiger partial charge in [-0.05, 0) is 45.6 Å². The van der Waals surface area contributed by atoms with Crippen molar-refractivity contribution < 1.29 is 33.8 Å². The molecule has 0 spiro atoms. The number of imidazole rings is 1. The van der Waals surface area contributed by atoms with Gasteiger partial charge >= 0.3 is 12.1 Å². The van der Waals surface area contributed by atoms with Crippen molar-refractivity contribution in [1.82, 2.24) is 30.5 Å². The van der Waals surface area contributed by atoms with Crippen LogP contribution in [-0.4, -0.2) is 87.6 Å². The van der Waals surface area contributed by atoms with Gasteiger partial charge < -0.3 is 51.9 Å². The van der Waals surface area contributed by atoms with Crippen molar-refractivity contribution in [3.8, 4) is 0 Å². The fourth-order valence-corrected chi connectivity index (χ4v) is 4.92. The van der Waals surface area contributed by atoms with Crippen molar-refractivity contribution >= 4 is 51.7 Å². The number of para-hydroxylation sites is 1. The average Bonchev–Trinajstić information content (AvgIpc) is 3.36. The Morgan fingerprint density at radius 3 is 2.45 bits per heavy atom. The van der Waals surface area contributed by atoms with Crippen molar-refractivity contribution in [2.75, 3.05) is 31.6 Å². The molecule has 0 aliphatic carbocycles. The smallest absolute Gasteiger partial charge is 0.404 e. The van der Waals surface area contributed by atoms with Crippen LogP contribution in [0.2, 0.25) is 0 Å². The molecule has 0 saturated carbocycles. The SMILES string of the molecule is CCOCc1nc2c(NC(=O)[C@H](CCCNC(N)=O)NC(=O)[C@@H](N)C(C)C)nc3ccccc3c2n1CC(C)(C)OCCNC(=O)O. The molecule has 47 heavy (non-hydrogen) atoms. The minimum absolute atomic E-state index is 0.122. The Hall–Kier alpha value is -4.54. The molecule has 3 aromatic rings. The largest absolute Gasteiger partial charge is 0.465 e. The number of primary amides is 1. The monoisotopic (exact) mass is 657 g/mol. The predicted octanol–water partition coefficient (Wildman–Crippen LogP) is 2.04. The van der Waals surface area contributed by atoms with E-state index in [-0.39, 0.29) is 44.5 Å². The molecule has 0 radical (unpaired) electrons. The lowest BCUT2D eigenvalue weighted by molar-refractivity contribution is -0.128. The van der Waals surface area contributed by atoms with Gasteiger partial charge in [-0.25, -0.2) is 19.6 Å². The van der Waals surface area contributed by atoms with E-state index >= 15 is 0 Å². The number of nitrogens with two attached hydrogens (primary N) is 2. The maximum absolute atomic E-state index is 13.8. The van der Waals surface area contributed by atoms with E-state index in [0.29, 0.717) is 41.9 Å². The number of nitrogens with one attached hydrogen (secondary N) is 4. The Bertz CT molecular complexity index is 1560. The highest BCUT2D eigenvalue weighted by atomic mass is 16.5. The van der Waals surface area contributed by atoms with Gasteiger partial charge in [0.2, 0.25) is 11.8 Å². The third-order valence-corrected chi connectivity index (χ3v) is 7.37. The normalized spacial score (nSPS) is 13.0. The molecule has 2 heterocycles. The molecule has 0 saturated heterocycles. The van der Waals surface area contributed by atoms with E-state index in [1.54, 1.807) is 13.8 Å². The van der Waals surface area contributed by atoms with Crippen LogP contribution in [-0.2, 0) is 32.2 Å². The summed E-state index contributed by atoms with van der Waals surface area (Å²) < 4.78 is 13.8. The second kappa shape index (κ2) is 16.9. The molecule has 3 rings (SSSR count). The summed E-state index contributed by atoms with van der Waals surface area (Å²) in [6.07, 6.45) is -0.597. The van der Waals surface area contributed by atoms with Crippen molar-refractivity contribution in [2.24, 2.45) is 17.4 Å². The first-order valence-corrected chi connectivity index (χ1v) is 15.6. The molecular formula is C31H47N9O7. The predicted molar refractivity (Wildman–Crippen MR) is 177 cm³/mol. The summed E-state index contributed by atoms with van der Waals surface area (Å²) in [5.41, 5.74) is 12.2. The van der Waals surface area contributed by atoms with Gasteiger partial charge in [0.25, 0.3) is 0 Å². The van der Waals surface area contributed by atoms with Gasteiger partial charge in [-0.3, -0.25) is 9.59 Å². The maximum atomic E-state index is 13.8. The number of fused-ring (bicyclic) bond motifs is 3. The summed E-state index contributed by atoms with van der Waals surface area (Å²) >= 11 is 0. The van der Waals surface area contributed by atoms with Crippen LogP contribution in [0.3, 0.4) is 0 Å². The van der Waals surface area contributed by atoms with Crippen LogP contribution >= 0.6 is 0 Å². The Balaban J connectivity index is 2.04. The molecule has 0 bridgehead atoms. The number of carbonyl (C=O) groups is 4. The second-order valence-corrected chi connectivity index (χ2v) is 12.0. The van der Waals surface area contributed by atoms with Gasteiger partial charge in [0.1, 0.15) is 24.0 Å². The first-order chi connectivity index (χ1) is 22.2. The van der Waals surface area contributed by atoms with Crippen LogP contribution in [0.25, 0.3) is 21.9 Å². The average molecular weight is 658 g/mol. The number of anilines is 1. The highest BCUT2D eigenvalue weighted by Crippen LogP contribution is 2.32. The number of benzene rings is 1. The van der Waals surface area contributed by atoms with Crippen molar-refractivity contribution in [2.45, 2.75) is 78.3 Å². The molecular weight excluding hydrogens is 610 g/mol. The Kier molecular flexibility index (Phi) is 13.2. The number of pyridine rings is 1. The lowest BCUT2D eigenvalue weighted by Gasteiger charge is -2.27. The summed E-state index contributed by atoms with van der Waals surface area (Å²) in [7, 11) is 0. The molecule has 2 aromatic heterocycles. The van der Waals surface area contributed by atoms with Crippen LogP contribution in [0.4, 0.5) is 15.4 Å². The summed E-state index contributed by atoms with van der Waals surface area (Å²) in [6, 6.07) is 4.92. The Morgan fingerprint density at radius 2 is 1.79 bits per heavy atom. The van der Waals surface area contributed by atoms with E-state index in [0.717, 1.165) is 5.39 Å². The fraction of sp³-hybridized carbons (Fsp3) is 0.548. The number of hydrogen-bond donors (Lipinski definition) is 7. The van der Waals surface area contributed by atoms with E-state index in [1.807, 2.05) is 49.6 Å². The molecule has 258 valence electrons. The molecule has 0 fully saturated rings. The lowest BCUT2D eigenvalue weighted by atomic mass is 10.0. The zero-order valence-corrected chi connectivity index (χ0v) is 27.6. The molecule has 0 aliphatic heterocycles. The van der Waals surface area contributed by atoms with Crippen LogP contribution < -0.4 is 32.7 Å². The summed E-state index contributed by atoms with van der Waals surface area (Å²) in [5, 5.41) is 20.1. The number of carbonyl (C=O) groups excluding carboxylic acids is 3. The standard InChI is InChI=1S/C31H47N9O7/c1-6-46-16-22-38-24-25(40(22)17-31(4,5)47-15-14-35-30(44)45)19-10-7-8-11-20(19)36-26(24)39-27(41)21(12-9-13-34-29(33)43)37-28(42)23(32)18(2)3/h7-8,10-11,18,21,23,35H,6,9,12-17,32H2,1-5H3,(H,37,42)(H,44,45)(H3,33,34,43)(H,36,39,41)/t21-,23-/m0/s1. The molecule has 5 amide bonds. The number of aromatic nitrogens is 3. The number of nitrogens with zero attached hydrogens (tertiary/aromatic N) is 3. The molecule has 1 aromatic carbocycles. The molecule has 16 heteroatoms.